The van der Waals surface area contributed by atoms with E-state index in [-0.39, 0.29) is 0 Å². The summed E-state index contributed by atoms with van der Waals surface area (Å²) in [5.41, 5.74) is 6.77. The number of aryl methyl sites for hydroxylation is 2. The molecule has 0 aliphatic heterocycles. The SMILES string of the molecule is Cn1nccc1CCCCCCCN. The van der Waals surface area contributed by atoms with Gasteiger partial charge in [-0.05, 0) is 31.9 Å². The molecule has 3 nitrogen and oxygen atoms in total. The van der Waals surface area contributed by atoms with Crippen molar-refractivity contribution in [1.29, 1.82) is 0 Å². The molecule has 0 saturated heterocycles. The maximum atomic E-state index is 5.43. The molecule has 14 heavy (non-hydrogen) atoms. The zero-order valence-electron chi connectivity index (χ0n) is 9.08. The minimum Gasteiger partial charge on any atom is -0.330 e. The number of hydrogen-bond donors (Lipinski definition) is 1. The Morgan fingerprint density at radius 2 is 1.93 bits per heavy atom. The van der Waals surface area contributed by atoms with Gasteiger partial charge in [0, 0.05) is 18.9 Å². The summed E-state index contributed by atoms with van der Waals surface area (Å²) in [6.07, 6.45) is 9.36. The minimum atomic E-state index is 0.835. The zero-order valence-corrected chi connectivity index (χ0v) is 9.08. The van der Waals surface area contributed by atoms with Crippen LogP contribution in [0.2, 0.25) is 0 Å². The highest BCUT2D eigenvalue weighted by molar-refractivity contribution is 4.99. The third-order valence-corrected chi connectivity index (χ3v) is 2.56. The Morgan fingerprint density at radius 1 is 1.21 bits per heavy atom. The standard InChI is InChI=1S/C11H21N3/c1-14-11(8-10-13-14)7-5-3-2-4-6-9-12/h8,10H,2-7,9,12H2,1H3. The second-order valence-electron chi connectivity index (χ2n) is 3.75. The van der Waals surface area contributed by atoms with E-state index in [0.29, 0.717) is 0 Å². The summed E-state index contributed by atoms with van der Waals surface area (Å²) in [4.78, 5) is 0. The summed E-state index contributed by atoms with van der Waals surface area (Å²) in [7, 11) is 2.00. The summed E-state index contributed by atoms with van der Waals surface area (Å²) in [6.45, 7) is 0.835. The smallest absolute Gasteiger partial charge is 0.0492 e. The van der Waals surface area contributed by atoms with Gasteiger partial charge in [-0.15, -0.1) is 0 Å². The van der Waals surface area contributed by atoms with E-state index in [9.17, 15) is 0 Å². The highest BCUT2D eigenvalue weighted by atomic mass is 15.2. The summed E-state index contributed by atoms with van der Waals surface area (Å²) >= 11 is 0. The largest absolute Gasteiger partial charge is 0.330 e. The fraction of sp³-hybridized carbons (Fsp3) is 0.727. The number of hydrogen-bond acceptors (Lipinski definition) is 2. The highest BCUT2D eigenvalue weighted by Gasteiger charge is 1.97. The van der Waals surface area contributed by atoms with E-state index in [1.54, 1.807) is 0 Å². The third-order valence-electron chi connectivity index (χ3n) is 2.56. The molecule has 0 spiro atoms. The minimum absolute atomic E-state index is 0.835. The first kappa shape index (κ1) is 11.2. The van der Waals surface area contributed by atoms with Crippen LogP contribution in [0.25, 0.3) is 0 Å². The molecule has 0 atom stereocenters. The Labute approximate surface area is 86.3 Å². The Morgan fingerprint density at radius 3 is 2.57 bits per heavy atom. The molecule has 0 aromatic carbocycles. The van der Waals surface area contributed by atoms with Crippen LogP contribution in [0.3, 0.4) is 0 Å². The van der Waals surface area contributed by atoms with Crippen LogP contribution in [0.5, 0.6) is 0 Å². The van der Waals surface area contributed by atoms with Gasteiger partial charge in [-0.1, -0.05) is 19.3 Å². The molecule has 0 aliphatic rings. The van der Waals surface area contributed by atoms with Crippen LogP contribution in [-0.4, -0.2) is 16.3 Å². The Hall–Kier alpha value is -0.830. The third kappa shape index (κ3) is 3.92. The monoisotopic (exact) mass is 195 g/mol. The van der Waals surface area contributed by atoms with Gasteiger partial charge in [0.1, 0.15) is 0 Å². The summed E-state index contributed by atoms with van der Waals surface area (Å²) in [6, 6.07) is 2.10. The lowest BCUT2D eigenvalue weighted by Gasteiger charge is -2.01. The van der Waals surface area contributed by atoms with E-state index in [4.69, 9.17) is 5.73 Å². The lowest BCUT2D eigenvalue weighted by molar-refractivity contribution is 0.600. The summed E-state index contributed by atoms with van der Waals surface area (Å²) < 4.78 is 1.96. The first-order valence-electron chi connectivity index (χ1n) is 5.51. The molecule has 0 saturated carbocycles. The maximum absolute atomic E-state index is 5.43. The molecule has 1 heterocycles. The van der Waals surface area contributed by atoms with E-state index in [2.05, 4.69) is 11.2 Å². The average Bonchev–Trinajstić information content (AvgIpc) is 2.58. The van der Waals surface area contributed by atoms with E-state index in [1.807, 2.05) is 17.9 Å². The van der Waals surface area contributed by atoms with Crippen molar-refractivity contribution in [3.8, 4) is 0 Å². The first-order chi connectivity index (χ1) is 6.84. The highest BCUT2D eigenvalue weighted by Crippen LogP contribution is 2.07. The van der Waals surface area contributed by atoms with Crippen molar-refractivity contribution in [1.82, 2.24) is 9.78 Å². The van der Waals surface area contributed by atoms with E-state index in [1.165, 1.54) is 37.8 Å². The number of rotatable bonds is 7. The number of unbranched alkanes of at least 4 members (excludes halogenated alkanes) is 4. The van der Waals surface area contributed by atoms with E-state index >= 15 is 0 Å². The van der Waals surface area contributed by atoms with Gasteiger partial charge in [0.05, 0.1) is 0 Å². The Balaban J connectivity index is 2.02. The van der Waals surface area contributed by atoms with Crippen molar-refractivity contribution < 1.29 is 0 Å². The number of aromatic nitrogens is 2. The Kier molecular flexibility index (Phi) is 5.30. The van der Waals surface area contributed by atoms with E-state index in [0.717, 1.165) is 13.0 Å². The molecule has 0 fully saturated rings. The van der Waals surface area contributed by atoms with Gasteiger partial charge in [0.2, 0.25) is 0 Å². The van der Waals surface area contributed by atoms with Crippen LogP contribution < -0.4 is 5.73 Å². The van der Waals surface area contributed by atoms with Crippen LogP contribution in [0.15, 0.2) is 12.3 Å². The van der Waals surface area contributed by atoms with Gasteiger partial charge >= 0.3 is 0 Å². The van der Waals surface area contributed by atoms with Crippen LogP contribution in [0.4, 0.5) is 0 Å². The summed E-state index contributed by atoms with van der Waals surface area (Å²) in [5.74, 6) is 0. The van der Waals surface area contributed by atoms with Crippen LogP contribution in [0, 0.1) is 0 Å². The molecular weight excluding hydrogens is 174 g/mol. The normalized spacial score (nSPS) is 10.7. The lowest BCUT2D eigenvalue weighted by Crippen LogP contribution is -1.99. The fourth-order valence-electron chi connectivity index (χ4n) is 1.63. The quantitative estimate of drug-likeness (QED) is 0.675. The van der Waals surface area contributed by atoms with Crippen molar-refractivity contribution in [3.05, 3.63) is 18.0 Å². The molecule has 1 rings (SSSR count). The molecule has 80 valence electrons. The fourth-order valence-corrected chi connectivity index (χ4v) is 1.63. The van der Waals surface area contributed by atoms with Gasteiger partial charge < -0.3 is 5.73 Å². The second kappa shape index (κ2) is 6.60. The lowest BCUT2D eigenvalue weighted by atomic mass is 10.1. The van der Waals surface area contributed by atoms with Crippen molar-refractivity contribution in [2.45, 2.75) is 38.5 Å². The van der Waals surface area contributed by atoms with E-state index < -0.39 is 0 Å². The van der Waals surface area contributed by atoms with Gasteiger partial charge in [-0.3, -0.25) is 4.68 Å². The average molecular weight is 195 g/mol. The zero-order chi connectivity index (χ0) is 10.2. The van der Waals surface area contributed by atoms with Gasteiger partial charge in [0.15, 0.2) is 0 Å². The molecular formula is C11H21N3. The first-order valence-corrected chi connectivity index (χ1v) is 5.51. The predicted octanol–water partition coefficient (Wildman–Crippen LogP) is 1.87. The second-order valence-corrected chi connectivity index (χ2v) is 3.75. The van der Waals surface area contributed by atoms with Crippen LogP contribution >= 0.6 is 0 Å². The van der Waals surface area contributed by atoms with Crippen molar-refractivity contribution in [2.75, 3.05) is 6.54 Å². The molecule has 1 aromatic heterocycles. The van der Waals surface area contributed by atoms with Crippen molar-refractivity contribution in [2.24, 2.45) is 12.8 Å². The topological polar surface area (TPSA) is 43.8 Å². The predicted molar refractivity (Wildman–Crippen MR) is 59.1 cm³/mol. The Bertz CT molecular complexity index is 242. The molecule has 0 unspecified atom stereocenters. The van der Waals surface area contributed by atoms with Crippen LogP contribution in [-0.2, 0) is 13.5 Å². The molecule has 0 radical (unpaired) electrons. The molecule has 0 bridgehead atoms. The van der Waals surface area contributed by atoms with Crippen LogP contribution in [0.1, 0.15) is 37.8 Å². The maximum Gasteiger partial charge on any atom is 0.0492 e. The molecule has 2 N–H and O–H groups in total. The molecule has 0 amide bonds. The van der Waals surface area contributed by atoms with Gasteiger partial charge in [-0.25, -0.2) is 0 Å². The molecule has 0 aliphatic carbocycles. The van der Waals surface area contributed by atoms with Crippen molar-refractivity contribution in [3.63, 3.8) is 0 Å². The summed E-state index contributed by atoms with van der Waals surface area (Å²) in [5, 5.41) is 4.15. The molecule has 1 aromatic rings. The van der Waals surface area contributed by atoms with Gasteiger partial charge in [-0.2, -0.15) is 5.10 Å². The number of nitrogens with two attached hydrogens (primary N) is 1. The number of nitrogens with zero attached hydrogens (tertiary/aromatic N) is 2. The molecule has 3 heteroatoms. The van der Waals surface area contributed by atoms with Gasteiger partial charge in [0.25, 0.3) is 0 Å². The van der Waals surface area contributed by atoms with Crippen molar-refractivity contribution >= 4 is 0 Å².